The van der Waals surface area contributed by atoms with Gasteiger partial charge in [0.2, 0.25) is 5.91 Å². The lowest BCUT2D eigenvalue weighted by Crippen LogP contribution is -2.48. The third-order valence-corrected chi connectivity index (χ3v) is 5.64. The lowest BCUT2D eigenvalue weighted by molar-refractivity contribution is -0.127. The van der Waals surface area contributed by atoms with Crippen molar-refractivity contribution in [1.29, 1.82) is 0 Å². The fraction of sp³-hybridized carbons (Fsp3) is 0.280. The Kier molecular flexibility index (Phi) is 7.07. The zero-order valence-electron chi connectivity index (χ0n) is 18.5. The largest absolute Gasteiger partial charge is 0.496 e. The van der Waals surface area contributed by atoms with E-state index in [4.69, 9.17) is 14.6 Å². The van der Waals surface area contributed by atoms with Gasteiger partial charge in [-0.25, -0.2) is 0 Å². The number of aliphatic hydroxyl groups excluding tert-OH is 1. The average molecular weight is 450 g/mol. The van der Waals surface area contributed by atoms with Gasteiger partial charge in [0.05, 0.1) is 19.4 Å². The molecule has 2 heterocycles. The highest BCUT2D eigenvalue weighted by Crippen LogP contribution is 2.32. The summed E-state index contributed by atoms with van der Waals surface area (Å²) in [6, 6.07) is 12.7. The van der Waals surface area contributed by atoms with Crippen LogP contribution in [0.4, 0.5) is 5.69 Å². The minimum Gasteiger partial charge on any atom is -0.496 e. The van der Waals surface area contributed by atoms with E-state index in [0.717, 1.165) is 18.7 Å². The molecule has 2 N–H and O–H groups in total. The van der Waals surface area contributed by atoms with Crippen LogP contribution in [0.2, 0.25) is 0 Å². The van der Waals surface area contributed by atoms with Gasteiger partial charge in [0.25, 0.3) is 5.91 Å². The summed E-state index contributed by atoms with van der Waals surface area (Å²) in [5, 5.41) is 11.9. The SMILES string of the molecule is COc1ccc(/C=C/C(=O)N2CCN(CCO)CC2)cc1/C=C1\Oc2ccccc2NC1=O. The monoisotopic (exact) mass is 449 g/mol. The summed E-state index contributed by atoms with van der Waals surface area (Å²) in [5.74, 6) is 0.919. The summed E-state index contributed by atoms with van der Waals surface area (Å²) in [4.78, 5) is 29.0. The van der Waals surface area contributed by atoms with Gasteiger partial charge in [-0.15, -0.1) is 0 Å². The number of hydrogen-bond acceptors (Lipinski definition) is 6. The Balaban J connectivity index is 1.49. The van der Waals surface area contributed by atoms with Gasteiger partial charge in [-0.2, -0.15) is 0 Å². The van der Waals surface area contributed by atoms with Gasteiger partial charge >= 0.3 is 0 Å². The highest BCUT2D eigenvalue weighted by molar-refractivity contribution is 6.08. The molecule has 8 heteroatoms. The highest BCUT2D eigenvalue weighted by Gasteiger charge is 2.22. The van der Waals surface area contributed by atoms with Crippen LogP contribution in [0.3, 0.4) is 0 Å². The number of ether oxygens (including phenoxy) is 2. The number of anilines is 1. The summed E-state index contributed by atoms with van der Waals surface area (Å²) in [5.41, 5.74) is 2.08. The third kappa shape index (κ3) is 5.42. The lowest BCUT2D eigenvalue weighted by Gasteiger charge is -2.33. The van der Waals surface area contributed by atoms with E-state index in [1.807, 2.05) is 24.3 Å². The van der Waals surface area contributed by atoms with Crippen molar-refractivity contribution in [3.63, 3.8) is 0 Å². The fourth-order valence-electron chi connectivity index (χ4n) is 3.82. The third-order valence-electron chi connectivity index (χ3n) is 5.64. The number of carbonyl (C=O) groups excluding carboxylic acids is 2. The van der Waals surface area contributed by atoms with Crippen molar-refractivity contribution < 1.29 is 24.2 Å². The minimum absolute atomic E-state index is 0.0547. The van der Waals surface area contributed by atoms with Crippen LogP contribution in [0.15, 0.2) is 54.3 Å². The van der Waals surface area contributed by atoms with E-state index in [1.165, 1.54) is 0 Å². The number of piperazine rings is 1. The first-order valence-corrected chi connectivity index (χ1v) is 10.9. The first kappa shape index (κ1) is 22.6. The standard InChI is InChI=1S/C25H27N3O5/c1-32-21-8-6-18(7-9-24(30)28-12-10-27(11-13-28)14-15-29)16-19(21)17-23-25(31)26-20-4-2-3-5-22(20)33-23/h2-9,16-17,29H,10-15H2,1H3,(H,26,31)/b9-7+,23-17-. The first-order valence-electron chi connectivity index (χ1n) is 10.9. The zero-order chi connectivity index (χ0) is 23.2. The number of nitrogens with one attached hydrogen (secondary N) is 1. The zero-order valence-corrected chi connectivity index (χ0v) is 18.5. The number of methoxy groups -OCH3 is 1. The molecule has 1 fully saturated rings. The average Bonchev–Trinajstić information content (AvgIpc) is 2.84. The van der Waals surface area contributed by atoms with Gasteiger partial charge in [-0.1, -0.05) is 18.2 Å². The van der Waals surface area contributed by atoms with Crippen molar-refractivity contribution in [3.05, 3.63) is 65.4 Å². The molecule has 172 valence electrons. The molecule has 33 heavy (non-hydrogen) atoms. The van der Waals surface area contributed by atoms with Gasteiger partial charge < -0.3 is 24.8 Å². The number of amides is 2. The number of fused-ring (bicyclic) bond motifs is 1. The maximum absolute atomic E-state index is 12.6. The molecule has 0 aliphatic carbocycles. The topological polar surface area (TPSA) is 91.3 Å². The molecule has 2 amide bonds. The molecule has 8 nitrogen and oxygen atoms in total. The van der Waals surface area contributed by atoms with Crippen LogP contribution in [0, 0.1) is 0 Å². The maximum atomic E-state index is 12.6. The molecule has 0 atom stereocenters. The molecule has 0 aromatic heterocycles. The second kappa shape index (κ2) is 10.3. The van der Waals surface area contributed by atoms with E-state index < -0.39 is 0 Å². The minimum atomic E-state index is -0.341. The Morgan fingerprint density at radius 3 is 2.73 bits per heavy atom. The van der Waals surface area contributed by atoms with Crippen LogP contribution in [0.25, 0.3) is 12.2 Å². The Labute approximate surface area is 192 Å². The van der Waals surface area contributed by atoms with E-state index in [0.29, 0.717) is 42.4 Å². The molecule has 0 saturated carbocycles. The molecule has 0 radical (unpaired) electrons. The van der Waals surface area contributed by atoms with Crippen molar-refractivity contribution in [2.45, 2.75) is 0 Å². The molecule has 2 aliphatic heterocycles. The van der Waals surface area contributed by atoms with Gasteiger partial charge in [0.1, 0.15) is 5.75 Å². The number of carbonyl (C=O) groups is 2. The second-order valence-corrected chi connectivity index (χ2v) is 7.79. The molecule has 0 spiro atoms. The van der Waals surface area contributed by atoms with E-state index in [2.05, 4.69) is 10.2 Å². The van der Waals surface area contributed by atoms with E-state index in [-0.39, 0.29) is 24.2 Å². The van der Waals surface area contributed by atoms with Crippen LogP contribution in [-0.4, -0.2) is 73.2 Å². The number of hydrogen-bond donors (Lipinski definition) is 2. The van der Waals surface area contributed by atoms with Gasteiger partial charge in [0.15, 0.2) is 11.5 Å². The summed E-state index contributed by atoms with van der Waals surface area (Å²) >= 11 is 0. The molecular weight excluding hydrogens is 422 g/mol. The van der Waals surface area contributed by atoms with Gasteiger partial charge in [-0.3, -0.25) is 14.5 Å². The highest BCUT2D eigenvalue weighted by atomic mass is 16.5. The van der Waals surface area contributed by atoms with Crippen LogP contribution >= 0.6 is 0 Å². The predicted octanol–water partition coefficient (Wildman–Crippen LogP) is 2.22. The van der Waals surface area contributed by atoms with Crippen molar-refractivity contribution in [2.24, 2.45) is 0 Å². The van der Waals surface area contributed by atoms with E-state index in [1.54, 1.807) is 48.4 Å². The summed E-state index contributed by atoms with van der Waals surface area (Å²) < 4.78 is 11.2. The Bertz CT molecular complexity index is 1090. The maximum Gasteiger partial charge on any atom is 0.291 e. The van der Waals surface area contributed by atoms with Crippen LogP contribution < -0.4 is 14.8 Å². The van der Waals surface area contributed by atoms with Crippen LogP contribution in [-0.2, 0) is 9.59 Å². The van der Waals surface area contributed by atoms with Crippen molar-refractivity contribution >= 4 is 29.7 Å². The molecule has 1 saturated heterocycles. The van der Waals surface area contributed by atoms with Crippen LogP contribution in [0.5, 0.6) is 11.5 Å². The van der Waals surface area contributed by atoms with Gasteiger partial charge in [0, 0.05) is 44.4 Å². The molecule has 2 aromatic rings. The molecule has 0 unspecified atom stereocenters. The number of para-hydroxylation sites is 2. The van der Waals surface area contributed by atoms with E-state index >= 15 is 0 Å². The van der Waals surface area contributed by atoms with Crippen molar-refractivity contribution in [2.75, 3.05) is 51.8 Å². The predicted molar refractivity (Wildman–Crippen MR) is 126 cm³/mol. The number of rotatable bonds is 6. The summed E-state index contributed by atoms with van der Waals surface area (Å²) in [7, 11) is 1.56. The fourth-order valence-corrected chi connectivity index (χ4v) is 3.82. The smallest absolute Gasteiger partial charge is 0.291 e. The Hall–Kier alpha value is -3.62. The summed E-state index contributed by atoms with van der Waals surface area (Å²) in [6.07, 6.45) is 4.94. The lowest BCUT2D eigenvalue weighted by atomic mass is 10.1. The molecule has 0 bridgehead atoms. The molecule has 2 aromatic carbocycles. The molecular formula is C25H27N3O5. The number of β-amino-alcohol motifs (C(OH)–C–C–N with tert-alkyl or cyclic N) is 1. The number of aliphatic hydroxyl groups is 1. The number of benzene rings is 2. The van der Waals surface area contributed by atoms with Crippen molar-refractivity contribution in [3.8, 4) is 11.5 Å². The summed E-state index contributed by atoms with van der Waals surface area (Å²) in [6.45, 7) is 3.55. The quantitative estimate of drug-likeness (QED) is 0.658. The molecule has 2 aliphatic rings. The molecule has 4 rings (SSSR count). The number of nitrogens with zero attached hydrogens (tertiary/aromatic N) is 2. The Morgan fingerprint density at radius 1 is 1.18 bits per heavy atom. The second-order valence-electron chi connectivity index (χ2n) is 7.79. The van der Waals surface area contributed by atoms with Gasteiger partial charge in [-0.05, 0) is 42.0 Å². The normalized spacial score (nSPS) is 17.6. The Morgan fingerprint density at radius 2 is 1.97 bits per heavy atom. The van der Waals surface area contributed by atoms with Crippen LogP contribution in [0.1, 0.15) is 11.1 Å². The van der Waals surface area contributed by atoms with Crippen molar-refractivity contribution in [1.82, 2.24) is 9.80 Å². The van der Waals surface area contributed by atoms with E-state index in [9.17, 15) is 9.59 Å². The first-order chi connectivity index (χ1) is 16.1.